The van der Waals surface area contributed by atoms with Crippen molar-refractivity contribution >= 4 is 11.8 Å². The average Bonchev–Trinajstić information content (AvgIpc) is 2.77. The Hall–Kier alpha value is -1.85. The Morgan fingerprint density at radius 3 is 2.50 bits per heavy atom. The van der Waals surface area contributed by atoms with Gasteiger partial charge in [-0.2, -0.15) is 0 Å². The van der Waals surface area contributed by atoms with Gasteiger partial charge in [-0.3, -0.25) is 9.59 Å². The minimum atomic E-state index is -0.581. The lowest BCUT2D eigenvalue weighted by Crippen LogP contribution is -2.46. The number of carbonyl (C=O) groups excluding carboxylic acids is 2. The second kappa shape index (κ2) is 6.18. The highest BCUT2D eigenvalue weighted by atomic mass is 16.5. The Balaban J connectivity index is 2.62. The summed E-state index contributed by atoms with van der Waals surface area (Å²) in [7, 11) is 0. The van der Waals surface area contributed by atoms with E-state index in [0.717, 1.165) is 0 Å². The van der Waals surface area contributed by atoms with Crippen LogP contribution >= 0.6 is 0 Å². The molecule has 6 heteroatoms. The highest BCUT2D eigenvalue weighted by Crippen LogP contribution is 2.03. The van der Waals surface area contributed by atoms with Crippen LogP contribution in [0.4, 0.5) is 0 Å². The van der Waals surface area contributed by atoms with E-state index in [1.807, 2.05) is 13.8 Å². The van der Waals surface area contributed by atoms with Crippen LogP contribution in [0.25, 0.3) is 0 Å². The lowest BCUT2D eigenvalue weighted by atomic mass is 10.2. The first-order chi connectivity index (χ1) is 8.49. The van der Waals surface area contributed by atoms with E-state index in [0.29, 0.717) is 18.8 Å². The second-order valence-electron chi connectivity index (χ2n) is 4.04. The molecule has 1 aromatic rings. The zero-order valence-electron chi connectivity index (χ0n) is 11.2. The number of rotatable bonds is 5. The third-order valence-corrected chi connectivity index (χ3v) is 2.64. The number of likely N-dealkylation sites (N-methyl/N-ethyl adjacent to an activating group) is 1. The fourth-order valence-electron chi connectivity index (χ4n) is 1.61. The molecule has 1 rings (SSSR count). The van der Waals surface area contributed by atoms with Crippen LogP contribution in [0.3, 0.4) is 0 Å². The number of carbonyl (C=O) groups is 2. The number of nitrogens with zero attached hydrogens (tertiary/aromatic N) is 2. The summed E-state index contributed by atoms with van der Waals surface area (Å²) in [4.78, 5) is 25.4. The molecule has 1 heterocycles. The van der Waals surface area contributed by atoms with Crippen LogP contribution in [0.5, 0.6) is 0 Å². The quantitative estimate of drug-likeness (QED) is 0.848. The van der Waals surface area contributed by atoms with Crippen LogP contribution in [0.2, 0.25) is 0 Å². The SMILES string of the molecule is CCN(CC)C(=O)C(C)NC(=O)c1cc(C)no1. The van der Waals surface area contributed by atoms with Gasteiger partial charge in [0.2, 0.25) is 11.7 Å². The zero-order valence-corrected chi connectivity index (χ0v) is 11.2. The Labute approximate surface area is 106 Å². The van der Waals surface area contributed by atoms with Gasteiger partial charge >= 0.3 is 0 Å². The van der Waals surface area contributed by atoms with Gasteiger partial charge in [0.25, 0.3) is 5.91 Å². The van der Waals surface area contributed by atoms with Crippen molar-refractivity contribution in [1.82, 2.24) is 15.4 Å². The van der Waals surface area contributed by atoms with E-state index < -0.39 is 11.9 Å². The topological polar surface area (TPSA) is 75.4 Å². The fraction of sp³-hybridized carbons (Fsp3) is 0.583. The van der Waals surface area contributed by atoms with Gasteiger partial charge in [-0.05, 0) is 27.7 Å². The highest BCUT2D eigenvalue weighted by molar-refractivity contribution is 5.95. The molecule has 0 aliphatic carbocycles. The van der Waals surface area contributed by atoms with Crippen molar-refractivity contribution in [3.05, 3.63) is 17.5 Å². The summed E-state index contributed by atoms with van der Waals surface area (Å²) >= 11 is 0. The van der Waals surface area contributed by atoms with Gasteiger partial charge in [0.15, 0.2) is 0 Å². The summed E-state index contributed by atoms with van der Waals surface area (Å²) in [6, 6.07) is 0.951. The molecular formula is C12H19N3O3. The second-order valence-corrected chi connectivity index (χ2v) is 4.04. The molecule has 0 aromatic carbocycles. The molecule has 18 heavy (non-hydrogen) atoms. The average molecular weight is 253 g/mol. The first-order valence-electron chi connectivity index (χ1n) is 6.02. The van der Waals surface area contributed by atoms with E-state index in [4.69, 9.17) is 4.52 Å². The molecule has 2 amide bonds. The number of hydrogen-bond acceptors (Lipinski definition) is 4. The molecule has 0 radical (unpaired) electrons. The van der Waals surface area contributed by atoms with E-state index in [9.17, 15) is 9.59 Å². The smallest absolute Gasteiger partial charge is 0.290 e. The van der Waals surface area contributed by atoms with Gasteiger partial charge in [-0.1, -0.05) is 5.16 Å². The molecule has 1 atom stereocenters. The van der Waals surface area contributed by atoms with Gasteiger partial charge in [0.1, 0.15) is 6.04 Å². The molecule has 100 valence electrons. The summed E-state index contributed by atoms with van der Waals surface area (Å²) in [5.74, 6) is -0.417. The van der Waals surface area contributed by atoms with E-state index in [2.05, 4.69) is 10.5 Å². The third kappa shape index (κ3) is 3.32. The van der Waals surface area contributed by atoms with Gasteiger partial charge in [0.05, 0.1) is 5.69 Å². The lowest BCUT2D eigenvalue weighted by Gasteiger charge is -2.23. The Morgan fingerprint density at radius 2 is 2.06 bits per heavy atom. The van der Waals surface area contributed by atoms with Gasteiger partial charge in [-0.15, -0.1) is 0 Å². The number of hydrogen-bond donors (Lipinski definition) is 1. The molecule has 0 saturated carbocycles. The highest BCUT2D eigenvalue weighted by Gasteiger charge is 2.22. The lowest BCUT2D eigenvalue weighted by molar-refractivity contribution is -0.132. The van der Waals surface area contributed by atoms with Crippen LogP contribution in [-0.2, 0) is 4.79 Å². The Kier molecular flexibility index (Phi) is 4.88. The van der Waals surface area contributed by atoms with Crippen molar-refractivity contribution in [3.8, 4) is 0 Å². The number of amides is 2. The van der Waals surface area contributed by atoms with Crippen molar-refractivity contribution in [2.45, 2.75) is 33.7 Å². The Bertz CT molecular complexity index is 424. The molecule has 0 aliphatic heterocycles. The first kappa shape index (κ1) is 14.2. The van der Waals surface area contributed by atoms with Crippen LogP contribution in [0.1, 0.15) is 37.0 Å². The van der Waals surface area contributed by atoms with Crippen molar-refractivity contribution < 1.29 is 14.1 Å². The molecule has 0 saturated heterocycles. The molecule has 1 N–H and O–H groups in total. The van der Waals surface area contributed by atoms with Crippen molar-refractivity contribution in [3.63, 3.8) is 0 Å². The maximum Gasteiger partial charge on any atom is 0.290 e. The third-order valence-electron chi connectivity index (χ3n) is 2.64. The summed E-state index contributed by atoms with van der Waals surface area (Å²) in [6.07, 6.45) is 0. The normalized spacial score (nSPS) is 12.0. The minimum absolute atomic E-state index is 0.107. The monoisotopic (exact) mass is 253 g/mol. The summed E-state index contributed by atoms with van der Waals surface area (Å²) in [6.45, 7) is 8.42. The summed E-state index contributed by atoms with van der Waals surface area (Å²) < 4.78 is 4.83. The molecule has 0 fully saturated rings. The molecular weight excluding hydrogens is 234 g/mol. The Morgan fingerprint density at radius 1 is 1.44 bits per heavy atom. The van der Waals surface area contributed by atoms with Crippen molar-refractivity contribution in [1.29, 1.82) is 0 Å². The maximum atomic E-state index is 11.9. The number of aryl methyl sites for hydroxylation is 1. The van der Waals surface area contributed by atoms with E-state index in [1.165, 1.54) is 6.07 Å². The van der Waals surface area contributed by atoms with Crippen molar-refractivity contribution in [2.75, 3.05) is 13.1 Å². The molecule has 1 aromatic heterocycles. The van der Waals surface area contributed by atoms with Gasteiger partial charge in [-0.25, -0.2) is 0 Å². The van der Waals surface area contributed by atoms with Gasteiger partial charge < -0.3 is 14.7 Å². The molecule has 6 nitrogen and oxygen atoms in total. The standard InChI is InChI=1S/C12H19N3O3/c1-5-15(6-2)12(17)9(4)13-11(16)10-7-8(3)14-18-10/h7,9H,5-6H2,1-4H3,(H,13,16). The number of nitrogens with one attached hydrogen (secondary N) is 1. The molecule has 0 spiro atoms. The molecule has 0 bridgehead atoms. The van der Waals surface area contributed by atoms with E-state index in [1.54, 1.807) is 18.7 Å². The van der Waals surface area contributed by atoms with E-state index >= 15 is 0 Å². The summed E-state index contributed by atoms with van der Waals surface area (Å²) in [5.41, 5.74) is 0.628. The van der Waals surface area contributed by atoms with Crippen LogP contribution < -0.4 is 5.32 Å². The molecule has 1 unspecified atom stereocenters. The zero-order chi connectivity index (χ0) is 13.7. The van der Waals surface area contributed by atoms with Crippen LogP contribution in [-0.4, -0.2) is 41.0 Å². The van der Waals surface area contributed by atoms with Crippen LogP contribution in [0.15, 0.2) is 10.6 Å². The largest absolute Gasteiger partial charge is 0.351 e. The fourth-order valence-corrected chi connectivity index (χ4v) is 1.61. The van der Waals surface area contributed by atoms with Crippen LogP contribution in [0, 0.1) is 6.92 Å². The maximum absolute atomic E-state index is 11.9. The predicted octanol–water partition coefficient (Wildman–Crippen LogP) is 0.970. The number of aromatic nitrogens is 1. The van der Waals surface area contributed by atoms with Gasteiger partial charge in [0, 0.05) is 19.2 Å². The van der Waals surface area contributed by atoms with E-state index in [-0.39, 0.29) is 11.7 Å². The predicted molar refractivity (Wildman–Crippen MR) is 66.1 cm³/mol. The first-order valence-corrected chi connectivity index (χ1v) is 6.02. The molecule has 0 aliphatic rings. The summed E-state index contributed by atoms with van der Waals surface area (Å²) in [5, 5.41) is 6.22. The van der Waals surface area contributed by atoms with Crippen molar-refractivity contribution in [2.24, 2.45) is 0 Å². The minimum Gasteiger partial charge on any atom is -0.351 e.